The molecule has 15 heavy (non-hydrogen) atoms. The summed E-state index contributed by atoms with van der Waals surface area (Å²) in [6.07, 6.45) is 0.207. The molecule has 84 valence electrons. The van der Waals surface area contributed by atoms with Crippen LogP contribution in [0, 0.1) is 13.8 Å². The Kier molecular flexibility index (Phi) is 4.29. The van der Waals surface area contributed by atoms with Gasteiger partial charge < -0.3 is 10.0 Å². The highest BCUT2D eigenvalue weighted by Crippen LogP contribution is 2.21. The zero-order valence-corrected chi connectivity index (χ0v) is 10.2. The summed E-state index contributed by atoms with van der Waals surface area (Å²) in [4.78, 5) is 15.1. The number of carboxylic acid groups (broad SMARTS) is 1. The maximum atomic E-state index is 10.4. The van der Waals surface area contributed by atoms with Gasteiger partial charge in [-0.05, 0) is 32.5 Å². The van der Waals surface area contributed by atoms with Crippen LogP contribution in [0.2, 0.25) is 0 Å². The molecule has 0 spiro atoms. The molecule has 0 bridgehead atoms. The number of aliphatic carboxylic acids is 1. The fraction of sp³-hybridized carbons (Fsp3) is 0.545. The summed E-state index contributed by atoms with van der Waals surface area (Å²) in [5.41, 5.74) is 1.31. The molecule has 0 aliphatic rings. The predicted octanol–water partition coefficient (Wildman–Crippen LogP) is 2.27. The quantitative estimate of drug-likeness (QED) is 0.839. The van der Waals surface area contributed by atoms with E-state index in [0.717, 1.165) is 6.54 Å². The summed E-state index contributed by atoms with van der Waals surface area (Å²) in [7, 11) is 1.95. The maximum absolute atomic E-state index is 10.4. The lowest BCUT2D eigenvalue weighted by atomic mass is 10.2. The van der Waals surface area contributed by atoms with Gasteiger partial charge in [-0.25, -0.2) is 0 Å². The first kappa shape index (κ1) is 12.2. The third kappa shape index (κ3) is 4.01. The van der Waals surface area contributed by atoms with Crippen LogP contribution in [0.5, 0.6) is 0 Å². The van der Waals surface area contributed by atoms with Crippen LogP contribution >= 0.6 is 11.3 Å². The Labute approximate surface area is 94.3 Å². The van der Waals surface area contributed by atoms with Crippen LogP contribution in [0.3, 0.4) is 0 Å². The zero-order chi connectivity index (χ0) is 11.4. The fourth-order valence-electron chi connectivity index (χ4n) is 1.50. The fourth-order valence-corrected chi connectivity index (χ4v) is 2.44. The number of thiophene rings is 1. The highest BCUT2D eigenvalue weighted by atomic mass is 32.1. The molecule has 0 aliphatic carbocycles. The molecule has 0 saturated heterocycles. The minimum Gasteiger partial charge on any atom is -0.481 e. The lowest BCUT2D eigenvalue weighted by Gasteiger charge is -2.14. The molecule has 0 atom stereocenters. The monoisotopic (exact) mass is 227 g/mol. The van der Waals surface area contributed by atoms with Crippen LogP contribution in [-0.4, -0.2) is 29.6 Å². The van der Waals surface area contributed by atoms with Gasteiger partial charge in [0, 0.05) is 22.8 Å². The second-order valence-electron chi connectivity index (χ2n) is 3.82. The molecule has 0 unspecified atom stereocenters. The number of nitrogens with zero attached hydrogens (tertiary/aromatic N) is 1. The van der Waals surface area contributed by atoms with Gasteiger partial charge in [-0.1, -0.05) is 0 Å². The van der Waals surface area contributed by atoms with Crippen molar-refractivity contribution in [1.29, 1.82) is 0 Å². The molecule has 0 aliphatic heterocycles. The van der Waals surface area contributed by atoms with Crippen LogP contribution in [0.1, 0.15) is 21.7 Å². The number of aryl methyl sites for hydroxylation is 2. The van der Waals surface area contributed by atoms with Gasteiger partial charge in [-0.15, -0.1) is 11.3 Å². The molecule has 1 aromatic rings. The van der Waals surface area contributed by atoms with Crippen LogP contribution in [0.4, 0.5) is 0 Å². The van der Waals surface area contributed by atoms with Gasteiger partial charge in [0.2, 0.25) is 0 Å². The largest absolute Gasteiger partial charge is 0.481 e. The molecular weight excluding hydrogens is 210 g/mol. The van der Waals surface area contributed by atoms with E-state index in [9.17, 15) is 4.79 Å². The summed E-state index contributed by atoms with van der Waals surface area (Å²) in [6.45, 7) is 5.64. The van der Waals surface area contributed by atoms with Gasteiger partial charge >= 0.3 is 5.97 Å². The third-order valence-corrected chi connectivity index (χ3v) is 3.30. The Morgan fingerprint density at radius 3 is 2.67 bits per heavy atom. The maximum Gasteiger partial charge on any atom is 0.304 e. The summed E-state index contributed by atoms with van der Waals surface area (Å²) in [5.74, 6) is -0.736. The zero-order valence-electron chi connectivity index (χ0n) is 9.41. The van der Waals surface area contributed by atoms with Crippen molar-refractivity contribution in [1.82, 2.24) is 4.90 Å². The van der Waals surface area contributed by atoms with E-state index in [0.29, 0.717) is 6.54 Å². The smallest absolute Gasteiger partial charge is 0.304 e. The minimum atomic E-state index is -0.736. The second kappa shape index (κ2) is 5.28. The van der Waals surface area contributed by atoms with Crippen molar-refractivity contribution in [3.05, 3.63) is 21.4 Å². The summed E-state index contributed by atoms with van der Waals surface area (Å²) >= 11 is 1.79. The SMILES string of the molecule is Cc1cc(CN(C)CCC(=O)O)c(C)s1. The molecule has 1 rings (SSSR count). The van der Waals surface area contributed by atoms with E-state index in [1.165, 1.54) is 15.3 Å². The Morgan fingerprint density at radius 2 is 2.20 bits per heavy atom. The molecule has 0 saturated carbocycles. The number of carbonyl (C=O) groups is 1. The molecule has 0 amide bonds. The van der Waals surface area contributed by atoms with Crippen LogP contribution in [0.15, 0.2) is 6.07 Å². The average Bonchev–Trinajstić information content (AvgIpc) is 2.42. The molecule has 1 heterocycles. The van der Waals surface area contributed by atoms with Crippen LogP contribution < -0.4 is 0 Å². The molecule has 0 radical (unpaired) electrons. The van der Waals surface area contributed by atoms with Crippen molar-refractivity contribution in [2.45, 2.75) is 26.8 Å². The predicted molar refractivity (Wildman–Crippen MR) is 62.4 cm³/mol. The van der Waals surface area contributed by atoms with Crippen molar-refractivity contribution < 1.29 is 9.90 Å². The standard InChI is InChI=1S/C11H17NO2S/c1-8-6-10(9(2)15-8)7-12(3)5-4-11(13)14/h6H,4-5,7H2,1-3H3,(H,13,14). The van der Waals surface area contributed by atoms with Crippen molar-refractivity contribution >= 4 is 17.3 Å². The van der Waals surface area contributed by atoms with Gasteiger partial charge in [0.1, 0.15) is 0 Å². The summed E-state index contributed by atoms with van der Waals surface area (Å²) < 4.78 is 0. The number of hydrogen-bond acceptors (Lipinski definition) is 3. The van der Waals surface area contributed by atoms with Gasteiger partial charge in [-0.2, -0.15) is 0 Å². The molecule has 1 N–H and O–H groups in total. The molecular formula is C11H17NO2S. The Morgan fingerprint density at radius 1 is 1.53 bits per heavy atom. The van der Waals surface area contributed by atoms with Crippen molar-refractivity contribution in [3.63, 3.8) is 0 Å². The lowest BCUT2D eigenvalue weighted by Crippen LogP contribution is -2.21. The normalized spacial score (nSPS) is 10.9. The molecule has 4 heteroatoms. The highest BCUT2D eigenvalue weighted by Gasteiger charge is 2.07. The van der Waals surface area contributed by atoms with Crippen molar-refractivity contribution in [2.24, 2.45) is 0 Å². The third-order valence-electron chi connectivity index (χ3n) is 2.29. The molecule has 1 aromatic heterocycles. The first-order valence-corrected chi connectivity index (χ1v) is 5.77. The van der Waals surface area contributed by atoms with Gasteiger partial charge in [-0.3, -0.25) is 4.79 Å². The summed E-state index contributed by atoms with van der Waals surface area (Å²) in [6, 6.07) is 2.18. The first-order chi connectivity index (χ1) is 6.99. The van der Waals surface area contributed by atoms with E-state index >= 15 is 0 Å². The van der Waals surface area contributed by atoms with Crippen molar-refractivity contribution in [2.75, 3.05) is 13.6 Å². The van der Waals surface area contributed by atoms with Gasteiger partial charge in [0.25, 0.3) is 0 Å². The topological polar surface area (TPSA) is 40.5 Å². The average molecular weight is 227 g/mol. The van der Waals surface area contributed by atoms with E-state index < -0.39 is 5.97 Å². The van der Waals surface area contributed by atoms with Crippen molar-refractivity contribution in [3.8, 4) is 0 Å². The lowest BCUT2D eigenvalue weighted by molar-refractivity contribution is -0.137. The number of hydrogen-bond donors (Lipinski definition) is 1. The Bertz CT molecular complexity index is 346. The van der Waals surface area contributed by atoms with E-state index in [-0.39, 0.29) is 6.42 Å². The van der Waals surface area contributed by atoms with Crippen LogP contribution in [0.25, 0.3) is 0 Å². The highest BCUT2D eigenvalue weighted by molar-refractivity contribution is 7.12. The number of carboxylic acids is 1. The second-order valence-corrected chi connectivity index (χ2v) is 5.28. The Hall–Kier alpha value is -0.870. The van der Waals surface area contributed by atoms with Gasteiger partial charge in [0.15, 0.2) is 0 Å². The van der Waals surface area contributed by atoms with E-state index in [1.807, 2.05) is 11.9 Å². The van der Waals surface area contributed by atoms with Crippen LogP contribution in [-0.2, 0) is 11.3 Å². The summed E-state index contributed by atoms with van der Waals surface area (Å²) in [5, 5.41) is 8.56. The molecule has 3 nitrogen and oxygen atoms in total. The molecule has 0 aromatic carbocycles. The first-order valence-electron chi connectivity index (χ1n) is 4.95. The van der Waals surface area contributed by atoms with E-state index in [2.05, 4.69) is 19.9 Å². The van der Waals surface area contributed by atoms with E-state index in [4.69, 9.17) is 5.11 Å². The molecule has 0 fully saturated rings. The van der Waals surface area contributed by atoms with Gasteiger partial charge in [0.05, 0.1) is 6.42 Å². The minimum absolute atomic E-state index is 0.207. The number of rotatable bonds is 5. The Balaban J connectivity index is 2.47. The van der Waals surface area contributed by atoms with E-state index in [1.54, 1.807) is 11.3 Å².